The topological polar surface area (TPSA) is 70.4 Å². The molecule has 178 valence electrons. The Labute approximate surface area is 200 Å². The first kappa shape index (κ1) is 23.4. The molecule has 2 aromatic heterocycles. The summed E-state index contributed by atoms with van der Waals surface area (Å²) in [7, 11) is 3.37. The molecule has 4 aromatic rings. The molecule has 0 bridgehead atoms. The number of aromatic nitrogens is 3. The van der Waals surface area contributed by atoms with E-state index in [1.807, 2.05) is 44.2 Å². The van der Waals surface area contributed by atoms with Crippen molar-refractivity contribution in [2.75, 3.05) is 32.7 Å². The van der Waals surface area contributed by atoms with Gasteiger partial charge in [-0.15, -0.1) is 5.10 Å². The van der Waals surface area contributed by atoms with Crippen LogP contribution < -0.4 is 19.5 Å². The number of methoxy groups -OCH3 is 2. The van der Waals surface area contributed by atoms with Gasteiger partial charge < -0.3 is 24.1 Å². The van der Waals surface area contributed by atoms with E-state index in [1.54, 1.807) is 14.2 Å². The maximum Gasteiger partial charge on any atom is 0.158 e. The van der Waals surface area contributed by atoms with Crippen LogP contribution >= 0.6 is 0 Å². The van der Waals surface area contributed by atoms with E-state index in [4.69, 9.17) is 14.2 Å². The number of ether oxygens (including phenoxy) is 3. The Morgan fingerprint density at radius 3 is 2.41 bits per heavy atom. The van der Waals surface area contributed by atoms with Gasteiger partial charge in [0, 0.05) is 34.8 Å². The zero-order chi connectivity index (χ0) is 24.2. The number of aryl methyl sites for hydroxylation is 3. The van der Waals surface area contributed by atoms with Gasteiger partial charge in [0.2, 0.25) is 0 Å². The van der Waals surface area contributed by atoms with Crippen LogP contribution in [0.5, 0.6) is 17.2 Å². The third-order valence-corrected chi connectivity index (χ3v) is 6.09. The molecule has 0 amide bonds. The maximum atomic E-state index is 5.73. The van der Waals surface area contributed by atoms with Crippen LogP contribution in [0.15, 0.2) is 42.5 Å². The van der Waals surface area contributed by atoms with Crippen molar-refractivity contribution in [3.8, 4) is 22.9 Å². The van der Waals surface area contributed by atoms with Gasteiger partial charge in [0.1, 0.15) is 17.2 Å². The molecule has 1 N–H and O–H groups in total. The molecule has 34 heavy (non-hydrogen) atoms. The second-order valence-electron chi connectivity index (χ2n) is 8.19. The Morgan fingerprint density at radius 1 is 0.882 bits per heavy atom. The van der Waals surface area contributed by atoms with E-state index in [0.29, 0.717) is 6.61 Å². The maximum absolute atomic E-state index is 5.73. The number of nitrogens with zero attached hydrogens (tertiary/aromatic N) is 3. The SMILES string of the molecule is CCOc1ccc(-n2c(C)c3c(C)nnc(NCCc4cccc(OC)c4)c3c2C)c(OC)c1. The minimum atomic E-state index is 0.606. The summed E-state index contributed by atoms with van der Waals surface area (Å²) >= 11 is 0. The minimum absolute atomic E-state index is 0.606. The Bertz CT molecular complexity index is 1310. The Morgan fingerprint density at radius 2 is 1.68 bits per heavy atom. The lowest BCUT2D eigenvalue weighted by Gasteiger charge is -2.15. The monoisotopic (exact) mass is 460 g/mol. The fourth-order valence-electron chi connectivity index (χ4n) is 4.53. The first-order valence-corrected chi connectivity index (χ1v) is 11.5. The second-order valence-corrected chi connectivity index (χ2v) is 8.19. The van der Waals surface area contributed by atoms with E-state index in [9.17, 15) is 0 Å². The number of benzene rings is 2. The summed E-state index contributed by atoms with van der Waals surface area (Å²) in [5, 5.41) is 14.7. The van der Waals surface area contributed by atoms with Crippen molar-refractivity contribution >= 4 is 16.6 Å². The number of rotatable bonds is 9. The van der Waals surface area contributed by atoms with Crippen molar-refractivity contribution in [3.63, 3.8) is 0 Å². The molecule has 0 fully saturated rings. The lowest BCUT2D eigenvalue weighted by molar-refractivity contribution is 0.336. The van der Waals surface area contributed by atoms with Crippen LogP contribution in [0.1, 0.15) is 29.6 Å². The van der Waals surface area contributed by atoms with Crippen LogP contribution in [-0.2, 0) is 6.42 Å². The van der Waals surface area contributed by atoms with Crippen molar-refractivity contribution in [2.45, 2.75) is 34.1 Å². The number of anilines is 1. The van der Waals surface area contributed by atoms with Crippen LogP contribution in [0.3, 0.4) is 0 Å². The molecule has 4 rings (SSSR count). The van der Waals surface area contributed by atoms with Gasteiger partial charge in [0.15, 0.2) is 5.82 Å². The molecule has 0 aliphatic rings. The summed E-state index contributed by atoms with van der Waals surface area (Å²) in [6, 6.07) is 14.1. The first-order valence-electron chi connectivity index (χ1n) is 11.5. The van der Waals surface area contributed by atoms with Gasteiger partial charge in [-0.3, -0.25) is 0 Å². The summed E-state index contributed by atoms with van der Waals surface area (Å²) in [4.78, 5) is 0. The first-order chi connectivity index (χ1) is 16.5. The standard InChI is InChI=1S/C27H32N4O3/c1-7-34-22-11-12-23(24(16-22)33-6)31-18(3)25-17(2)29-30-27(26(25)19(31)4)28-14-13-20-9-8-10-21(15-20)32-5/h8-12,15-16H,7,13-14H2,1-6H3,(H,28,30). The van der Waals surface area contributed by atoms with Crippen molar-refractivity contribution < 1.29 is 14.2 Å². The second kappa shape index (κ2) is 10.0. The van der Waals surface area contributed by atoms with Gasteiger partial charge in [-0.05, 0) is 63.9 Å². The molecule has 0 unspecified atom stereocenters. The number of hydrogen-bond acceptors (Lipinski definition) is 6. The highest BCUT2D eigenvalue weighted by Crippen LogP contribution is 2.37. The molecule has 0 atom stereocenters. The van der Waals surface area contributed by atoms with E-state index >= 15 is 0 Å². The molecule has 0 saturated carbocycles. The molecular weight excluding hydrogens is 428 g/mol. The Balaban J connectivity index is 1.71. The van der Waals surface area contributed by atoms with Gasteiger partial charge in [-0.25, -0.2) is 0 Å². The van der Waals surface area contributed by atoms with Crippen molar-refractivity contribution in [1.29, 1.82) is 0 Å². The number of fused-ring (bicyclic) bond motifs is 1. The van der Waals surface area contributed by atoms with Crippen molar-refractivity contribution in [1.82, 2.24) is 14.8 Å². The summed E-state index contributed by atoms with van der Waals surface area (Å²) in [5.74, 6) is 3.19. The average Bonchev–Trinajstić information content (AvgIpc) is 3.11. The highest BCUT2D eigenvalue weighted by Gasteiger charge is 2.21. The van der Waals surface area contributed by atoms with Crippen LogP contribution in [0.25, 0.3) is 16.5 Å². The van der Waals surface area contributed by atoms with Crippen LogP contribution in [0.4, 0.5) is 5.82 Å². The average molecular weight is 461 g/mol. The normalized spacial score (nSPS) is 11.0. The van der Waals surface area contributed by atoms with Gasteiger partial charge in [0.05, 0.1) is 32.2 Å². The molecule has 7 heteroatoms. The summed E-state index contributed by atoms with van der Waals surface area (Å²) in [6.45, 7) is 9.53. The van der Waals surface area contributed by atoms with E-state index in [0.717, 1.165) is 69.6 Å². The predicted octanol–water partition coefficient (Wildman–Crippen LogP) is 5.42. The molecule has 0 spiro atoms. The van der Waals surface area contributed by atoms with Gasteiger partial charge >= 0.3 is 0 Å². The molecule has 7 nitrogen and oxygen atoms in total. The van der Waals surface area contributed by atoms with Crippen LogP contribution in [0.2, 0.25) is 0 Å². The van der Waals surface area contributed by atoms with E-state index in [2.05, 4.69) is 46.1 Å². The molecule has 2 aromatic carbocycles. The lowest BCUT2D eigenvalue weighted by Crippen LogP contribution is -2.08. The highest BCUT2D eigenvalue weighted by atomic mass is 16.5. The molecular formula is C27H32N4O3. The quantitative estimate of drug-likeness (QED) is 0.360. The molecule has 0 aliphatic heterocycles. The van der Waals surface area contributed by atoms with E-state index in [-0.39, 0.29) is 0 Å². The molecule has 0 radical (unpaired) electrons. The van der Waals surface area contributed by atoms with Gasteiger partial charge in [0.25, 0.3) is 0 Å². The van der Waals surface area contributed by atoms with Gasteiger partial charge in [-0.2, -0.15) is 5.10 Å². The largest absolute Gasteiger partial charge is 0.497 e. The van der Waals surface area contributed by atoms with Crippen molar-refractivity contribution in [2.24, 2.45) is 0 Å². The predicted molar refractivity (Wildman–Crippen MR) is 136 cm³/mol. The van der Waals surface area contributed by atoms with E-state index < -0.39 is 0 Å². The summed E-state index contributed by atoms with van der Waals surface area (Å²) < 4.78 is 18.9. The third kappa shape index (κ3) is 4.38. The third-order valence-electron chi connectivity index (χ3n) is 6.09. The van der Waals surface area contributed by atoms with Crippen LogP contribution in [-0.4, -0.2) is 42.1 Å². The Hall–Kier alpha value is -3.74. The summed E-state index contributed by atoms with van der Waals surface area (Å²) in [6.07, 6.45) is 0.847. The zero-order valence-electron chi connectivity index (χ0n) is 20.7. The van der Waals surface area contributed by atoms with Crippen LogP contribution in [0, 0.1) is 20.8 Å². The summed E-state index contributed by atoms with van der Waals surface area (Å²) in [5.41, 5.74) is 5.24. The smallest absolute Gasteiger partial charge is 0.158 e. The zero-order valence-corrected chi connectivity index (χ0v) is 20.7. The number of hydrogen-bond donors (Lipinski definition) is 1. The lowest BCUT2D eigenvalue weighted by atomic mass is 10.1. The Kier molecular flexibility index (Phi) is 6.91. The van der Waals surface area contributed by atoms with Gasteiger partial charge in [-0.1, -0.05) is 12.1 Å². The molecule has 0 aliphatic carbocycles. The van der Waals surface area contributed by atoms with E-state index in [1.165, 1.54) is 5.56 Å². The minimum Gasteiger partial charge on any atom is -0.497 e. The fraction of sp³-hybridized carbons (Fsp3) is 0.333. The van der Waals surface area contributed by atoms with Crippen molar-refractivity contribution in [3.05, 3.63) is 65.1 Å². The molecule has 0 saturated heterocycles. The molecule has 2 heterocycles. The highest BCUT2D eigenvalue weighted by molar-refractivity contribution is 5.98. The fourth-order valence-corrected chi connectivity index (χ4v) is 4.53. The number of nitrogens with one attached hydrogen (secondary N) is 1.